The first-order chi connectivity index (χ1) is 7.99. The summed E-state index contributed by atoms with van der Waals surface area (Å²) in [7, 11) is 0. The molecule has 0 heterocycles. The van der Waals surface area contributed by atoms with E-state index in [9.17, 15) is 14.0 Å². The van der Waals surface area contributed by atoms with E-state index in [1.54, 1.807) is 0 Å². The quantitative estimate of drug-likeness (QED) is 0.775. The molecule has 0 aliphatic carbocycles. The largest absolute Gasteiger partial charge is 0.481 e. The second-order valence-electron chi connectivity index (χ2n) is 3.15. The van der Waals surface area contributed by atoms with Crippen molar-refractivity contribution in [2.75, 3.05) is 11.9 Å². The van der Waals surface area contributed by atoms with Crippen molar-refractivity contribution in [1.82, 2.24) is 5.32 Å². The minimum absolute atomic E-state index is 0.0383. The van der Waals surface area contributed by atoms with Crippen LogP contribution in [0, 0.1) is 5.82 Å². The number of hydrogen-bond acceptors (Lipinski definition) is 2. The number of rotatable bonds is 4. The highest BCUT2D eigenvalue weighted by Crippen LogP contribution is 2.19. The maximum atomic E-state index is 13.2. The Hall–Kier alpha value is -1.82. The van der Waals surface area contributed by atoms with Gasteiger partial charge in [-0.1, -0.05) is 11.6 Å². The third-order valence-corrected chi connectivity index (χ3v) is 2.04. The van der Waals surface area contributed by atoms with Crippen molar-refractivity contribution in [3.63, 3.8) is 0 Å². The molecule has 5 nitrogen and oxygen atoms in total. The zero-order valence-electron chi connectivity index (χ0n) is 8.67. The number of benzene rings is 1. The number of halogens is 2. The number of nitrogens with one attached hydrogen (secondary N) is 2. The van der Waals surface area contributed by atoms with E-state index in [1.165, 1.54) is 12.1 Å². The normalized spacial score (nSPS) is 9.76. The van der Waals surface area contributed by atoms with Crippen LogP contribution < -0.4 is 10.6 Å². The minimum atomic E-state index is -1.03. The van der Waals surface area contributed by atoms with Crippen LogP contribution in [-0.4, -0.2) is 23.7 Å². The molecule has 0 saturated carbocycles. The average Bonchev–Trinajstić information content (AvgIpc) is 2.23. The molecule has 7 heteroatoms. The standard InChI is InChI=1S/C10H10ClFN2O3/c11-6-1-2-7(12)8(5-6)14-10(17)13-4-3-9(15)16/h1-2,5H,3-4H2,(H,15,16)(H2,13,14,17). The maximum absolute atomic E-state index is 13.2. The number of carbonyl (C=O) groups is 2. The van der Waals surface area contributed by atoms with Crippen molar-refractivity contribution in [3.8, 4) is 0 Å². The fraction of sp³-hybridized carbons (Fsp3) is 0.200. The van der Waals surface area contributed by atoms with Crippen molar-refractivity contribution < 1.29 is 19.1 Å². The Morgan fingerprint density at radius 2 is 2.12 bits per heavy atom. The molecule has 0 atom stereocenters. The molecule has 0 aromatic heterocycles. The van der Waals surface area contributed by atoms with Crippen LogP contribution >= 0.6 is 11.6 Å². The molecule has 0 aliphatic heterocycles. The fourth-order valence-corrected chi connectivity index (χ4v) is 1.21. The van der Waals surface area contributed by atoms with Crippen molar-refractivity contribution in [1.29, 1.82) is 0 Å². The lowest BCUT2D eigenvalue weighted by Crippen LogP contribution is -2.30. The Morgan fingerprint density at radius 3 is 2.76 bits per heavy atom. The molecule has 1 aromatic carbocycles. The van der Waals surface area contributed by atoms with Gasteiger partial charge in [-0.2, -0.15) is 0 Å². The molecule has 0 unspecified atom stereocenters. The summed E-state index contributed by atoms with van der Waals surface area (Å²) >= 11 is 5.63. The molecular weight excluding hydrogens is 251 g/mol. The lowest BCUT2D eigenvalue weighted by Gasteiger charge is -2.07. The Bertz CT molecular complexity index is 440. The van der Waals surface area contributed by atoms with Crippen molar-refractivity contribution in [2.45, 2.75) is 6.42 Å². The zero-order chi connectivity index (χ0) is 12.8. The van der Waals surface area contributed by atoms with Crippen molar-refractivity contribution >= 4 is 29.3 Å². The van der Waals surface area contributed by atoms with Crippen LogP contribution in [0.3, 0.4) is 0 Å². The topological polar surface area (TPSA) is 78.4 Å². The first-order valence-electron chi connectivity index (χ1n) is 4.70. The lowest BCUT2D eigenvalue weighted by atomic mass is 10.3. The van der Waals surface area contributed by atoms with Gasteiger partial charge >= 0.3 is 12.0 Å². The number of aliphatic carboxylic acids is 1. The number of anilines is 1. The highest BCUT2D eigenvalue weighted by atomic mass is 35.5. The van der Waals surface area contributed by atoms with Gasteiger partial charge in [-0.3, -0.25) is 4.79 Å². The number of amides is 2. The van der Waals surface area contributed by atoms with E-state index in [4.69, 9.17) is 16.7 Å². The van der Waals surface area contributed by atoms with Crippen LogP contribution in [0.5, 0.6) is 0 Å². The van der Waals surface area contributed by atoms with Gasteiger partial charge in [0.25, 0.3) is 0 Å². The Balaban J connectivity index is 2.50. The number of carboxylic acid groups (broad SMARTS) is 1. The van der Waals surface area contributed by atoms with Gasteiger partial charge in [0.2, 0.25) is 0 Å². The Labute approximate surface area is 102 Å². The molecule has 0 saturated heterocycles. The monoisotopic (exact) mass is 260 g/mol. The first kappa shape index (κ1) is 13.2. The van der Waals surface area contributed by atoms with Crippen molar-refractivity contribution in [2.24, 2.45) is 0 Å². The fourth-order valence-electron chi connectivity index (χ4n) is 1.04. The molecule has 0 radical (unpaired) electrons. The van der Waals surface area contributed by atoms with E-state index in [0.717, 1.165) is 6.07 Å². The summed E-state index contributed by atoms with van der Waals surface area (Å²) < 4.78 is 13.2. The van der Waals surface area contributed by atoms with Crippen LogP contribution in [0.25, 0.3) is 0 Å². The number of urea groups is 1. The van der Waals surface area contributed by atoms with Gasteiger partial charge in [-0.05, 0) is 18.2 Å². The molecule has 92 valence electrons. The van der Waals surface area contributed by atoms with Gasteiger partial charge in [0.15, 0.2) is 0 Å². The summed E-state index contributed by atoms with van der Waals surface area (Å²) in [6.45, 7) is -0.0383. The van der Waals surface area contributed by atoms with Gasteiger partial charge in [0.1, 0.15) is 5.82 Å². The van der Waals surface area contributed by atoms with Crippen LogP contribution in [0.1, 0.15) is 6.42 Å². The van der Waals surface area contributed by atoms with E-state index in [1.807, 2.05) is 0 Å². The summed E-state index contributed by atoms with van der Waals surface area (Å²) in [6.07, 6.45) is -0.203. The van der Waals surface area contributed by atoms with Crippen LogP contribution in [0.2, 0.25) is 5.02 Å². The summed E-state index contributed by atoms with van der Waals surface area (Å²) in [4.78, 5) is 21.4. The van der Waals surface area contributed by atoms with E-state index in [0.29, 0.717) is 0 Å². The predicted octanol–water partition coefficient (Wildman–Crippen LogP) is 2.08. The lowest BCUT2D eigenvalue weighted by molar-refractivity contribution is -0.136. The molecule has 17 heavy (non-hydrogen) atoms. The van der Waals surface area contributed by atoms with E-state index in [2.05, 4.69) is 10.6 Å². The van der Waals surface area contributed by atoms with Crippen LogP contribution in [-0.2, 0) is 4.79 Å². The van der Waals surface area contributed by atoms with Crippen LogP contribution in [0.15, 0.2) is 18.2 Å². The Morgan fingerprint density at radius 1 is 1.41 bits per heavy atom. The van der Waals surface area contributed by atoms with E-state index in [-0.39, 0.29) is 23.7 Å². The highest BCUT2D eigenvalue weighted by Gasteiger charge is 2.07. The van der Waals surface area contributed by atoms with Gasteiger partial charge in [0.05, 0.1) is 12.1 Å². The second-order valence-corrected chi connectivity index (χ2v) is 3.59. The summed E-state index contributed by atoms with van der Waals surface area (Å²) in [5.41, 5.74) is -0.0645. The smallest absolute Gasteiger partial charge is 0.319 e. The van der Waals surface area contributed by atoms with Crippen molar-refractivity contribution in [3.05, 3.63) is 29.0 Å². The minimum Gasteiger partial charge on any atom is -0.481 e. The van der Waals surface area contributed by atoms with Gasteiger partial charge < -0.3 is 15.7 Å². The molecule has 2 amide bonds. The maximum Gasteiger partial charge on any atom is 0.319 e. The van der Waals surface area contributed by atoms with E-state index < -0.39 is 17.8 Å². The number of carbonyl (C=O) groups excluding carboxylic acids is 1. The average molecular weight is 261 g/mol. The molecule has 0 aliphatic rings. The molecule has 0 spiro atoms. The van der Waals surface area contributed by atoms with Gasteiger partial charge in [-0.15, -0.1) is 0 Å². The SMILES string of the molecule is O=C(O)CCNC(=O)Nc1cc(Cl)ccc1F. The highest BCUT2D eigenvalue weighted by molar-refractivity contribution is 6.30. The molecule has 0 fully saturated rings. The third-order valence-electron chi connectivity index (χ3n) is 1.80. The van der Waals surface area contributed by atoms with E-state index >= 15 is 0 Å². The summed E-state index contributed by atoms with van der Waals surface area (Å²) in [6, 6.07) is 3.04. The Kier molecular flexibility index (Phi) is 4.71. The summed E-state index contributed by atoms with van der Waals surface area (Å²) in [5.74, 6) is -1.65. The van der Waals surface area contributed by atoms with Crippen LogP contribution in [0.4, 0.5) is 14.9 Å². The molecule has 0 bridgehead atoms. The van der Waals surface area contributed by atoms with Gasteiger partial charge in [0, 0.05) is 11.6 Å². The zero-order valence-corrected chi connectivity index (χ0v) is 9.42. The second kappa shape index (κ2) is 6.05. The molecule has 3 N–H and O–H groups in total. The predicted molar refractivity (Wildman–Crippen MR) is 60.7 cm³/mol. The van der Waals surface area contributed by atoms with Gasteiger partial charge in [-0.25, -0.2) is 9.18 Å². The number of carboxylic acids is 1. The first-order valence-corrected chi connectivity index (χ1v) is 5.08. The third kappa shape index (κ3) is 4.69. The summed E-state index contributed by atoms with van der Waals surface area (Å²) in [5, 5.41) is 13.1. The number of hydrogen-bond donors (Lipinski definition) is 3. The molecular formula is C10H10ClFN2O3. The molecule has 1 aromatic rings. The molecule has 1 rings (SSSR count).